The van der Waals surface area contributed by atoms with Gasteiger partial charge in [-0.1, -0.05) is 0 Å². The molecule has 0 aliphatic heterocycles. The highest BCUT2D eigenvalue weighted by Crippen LogP contribution is 2.30. The van der Waals surface area contributed by atoms with Crippen molar-refractivity contribution in [2.75, 3.05) is 12.8 Å². The summed E-state index contributed by atoms with van der Waals surface area (Å²) in [5.74, 6) is 0. The number of hydrogen-bond donors (Lipinski definition) is 2. The summed E-state index contributed by atoms with van der Waals surface area (Å²) in [5, 5.41) is 9.98. The predicted octanol–water partition coefficient (Wildman–Crippen LogP) is 2.38. The maximum Gasteiger partial charge on any atom is 0.0872 e. The van der Waals surface area contributed by atoms with Crippen molar-refractivity contribution in [1.82, 2.24) is 0 Å². The van der Waals surface area contributed by atoms with Crippen molar-refractivity contribution in [2.45, 2.75) is 38.9 Å². The molecular weight excluding hydrogens is 202 g/mol. The van der Waals surface area contributed by atoms with Gasteiger partial charge in [0.05, 0.1) is 11.2 Å². The Balaban J connectivity index is 3.29. The lowest BCUT2D eigenvalue weighted by Gasteiger charge is -2.27. The van der Waals surface area contributed by atoms with Gasteiger partial charge in [-0.05, 0) is 57.0 Å². The largest absolute Gasteiger partial charge is 0.399 e. The molecule has 0 spiro atoms. The van der Waals surface area contributed by atoms with Gasteiger partial charge in [-0.3, -0.25) is 0 Å². The van der Waals surface area contributed by atoms with E-state index in [-0.39, 0.29) is 0 Å². The summed E-state index contributed by atoms with van der Waals surface area (Å²) in [6, 6.07) is 5.59. The Hall–Kier alpha value is -1.06. The van der Waals surface area contributed by atoms with Crippen LogP contribution in [0.1, 0.15) is 38.8 Å². The van der Waals surface area contributed by atoms with Crippen LogP contribution in [0.4, 0.5) is 5.69 Å². The van der Waals surface area contributed by atoms with E-state index in [0.29, 0.717) is 5.69 Å². The molecule has 0 aliphatic rings. The molecule has 0 unspecified atom stereocenters. The van der Waals surface area contributed by atoms with E-state index in [1.165, 1.54) is 0 Å². The fourth-order valence-electron chi connectivity index (χ4n) is 1.47. The number of rotatable bonds is 3. The zero-order chi connectivity index (χ0) is 12.6. The third-order valence-electron chi connectivity index (χ3n) is 2.87. The van der Waals surface area contributed by atoms with Crippen LogP contribution in [-0.2, 0) is 15.9 Å². The molecule has 3 nitrogen and oxygen atoms in total. The molecular formula is C13H21NO2. The SMILES string of the molecule is COC(C)(C)c1cc(N)cc(C(C)(C)O)c1. The van der Waals surface area contributed by atoms with Crippen LogP contribution < -0.4 is 5.73 Å². The molecule has 0 heterocycles. The summed E-state index contributed by atoms with van der Waals surface area (Å²) in [4.78, 5) is 0. The van der Waals surface area contributed by atoms with Gasteiger partial charge < -0.3 is 15.6 Å². The van der Waals surface area contributed by atoms with E-state index in [4.69, 9.17) is 10.5 Å². The van der Waals surface area contributed by atoms with Gasteiger partial charge in [0.1, 0.15) is 0 Å². The zero-order valence-electron chi connectivity index (χ0n) is 10.7. The summed E-state index contributed by atoms with van der Waals surface area (Å²) in [7, 11) is 1.66. The lowest BCUT2D eigenvalue weighted by molar-refractivity contribution is 0.0186. The van der Waals surface area contributed by atoms with Crippen LogP contribution in [0.15, 0.2) is 18.2 Å². The number of methoxy groups -OCH3 is 1. The van der Waals surface area contributed by atoms with Gasteiger partial charge in [0.25, 0.3) is 0 Å². The normalized spacial score (nSPS) is 12.9. The summed E-state index contributed by atoms with van der Waals surface area (Å²) in [6.07, 6.45) is 0. The summed E-state index contributed by atoms with van der Waals surface area (Å²) in [6.45, 7) is 7.42. The molecule has 0 amide bonds. The summed E-state index contributed by atoms with van der Waals surface area (Å²) < 4.78 is 5.41. The highest BCUT2D eigenvalue weighted by atomic mass is 16.5. The Morgan fingerprint density at radius 2 is 1.56 bits per heavy atom. The maximum atomic E-state index is 9.98. The minimum absolute atomic E-state index is 0.407. The van der Waals surface area contributed by atoms with Gasteiger partial charge in [0.15, 0.2) is 0 Å². The van der Waals surface area contributed by atoms with E-state index >= 15 is 0 Å². The predicted molar refractivity (Wildman–Crippen MR) is 66.1 cm³/mol. The molecule has 0 saturated carbocycles. The number of ether oxygens (including phenoxy) is 1. The van der Waals surface area contributed by atoms with E-state index in [1.54, 1.807) is 27.0 Å². The van der Waals surface area contributed by atoms with Gasteiger partial charge in [0.2, 0.25) is 0 Å². The molecule has 3 heteroatoms. The quantitative estimate of drug-likeness (QED) is 0.773. The van der Waals surface area contributed by atoms with Crippen molar-refractivity contribution in [2.24, 2.45) is 0 Å². The molecule has 1 rings (SSSR count). The molecule has 90 valence electrons. The number of nitrogens with two attached hydrogens (primary N) is 1. The standard InChI is InChI=1S/C13H21NO2/c1-12(2,15)9-6-10(8-11(14)7-9)13(3,4)16-5/h6-8,15H,14H2,1-5H3. The fourth-order valence-corrected chi connectivity index (χ4v) is 1.47. The maximum absolute atomic E-state index is 9.98. The van der Waals surface area contributed by atoms with Crippen LogP contribution in [-0.4, -0.2) is 12.2 Å². The third kappa shape index (κ3) is 2.74. The van der Waals surface area contributed by atoms with Crippen molar-refractivity contribution < 1.29 is 9.84 Å². The first-order valence-electron chi connectivity index (χ1n) is 5.36. The number of aliphatic hydroxyl groups is 1. The van der Waals surface area contributed by atoms with Gasteiger partial charge in [0, 0.05) is 12.8 Å². The topological polar surface area (TPSA) is 55.5 Å². The van der Waals surface area contributed by atoms with Crippen LogP contribution in [0.25, 0.3) is 0 Å². The van der Waals surface area contributed by atoms with E-state index in [9.17, 15) is 5.11 Å². The van der Waals surface area contributed by atoms with Crippen molar-refractivity contribution in [3.05, 3.63) is 29.3 Å². The van der Waals surface area contributed by atoms with E-state index in [0.717, 1.165) is 11.1 Å². The number of hydrogen-bond acceptors (Lipinski definition) is 3. The number of nitrogen functional groups attached to an aromatic ring is 1. The first kappa shape index (κ1) is 13.0. The van der Waals surface area contributed by atoms with Crippen LogP contribution in [0, 0.1) is 0 Å². The smallest absolute Gasteiger partial charge is 0.0872 e. The molecule has 1 aromatic carbocycles. The lowest BCUT2D eigenvalue weighted by atomic mass is 9.90. The first-order valence-corrected chi connectivity index (χ1v) is 5.36. The molecule has 0 atom stereocenters. The minimum Gasteiger partial charge on any atom is -0.399 e. The average Bonchev–Trinajstić information content (AvgIpc) is 2.15. The Kier molecular flexibility index (Phi) is 3.31. The molecule has 3 N–H and O–H groups in total. The van der Waals surface area contributed by atoms with Gasteiger partial charge in [-0.2, -0.15) is 0 Å². The Labute approximate surface area is 97.2 Å². The summed E-state index contributed by atoms with van der Waals surface area (Å²) >= 11 is 0. The van der Waals surface area contributed by atoms with Crippen molar-refractivity contribution in [3.8, 4) is 0 Å². The van der Waals surface area contributed by atoms with Gasteiger partial charge in [-0.25, -0.2) is 0 Å². The van der Waals surface area contributed by atoms with Crippen molar-refractivity contribution >= 4 is 5.69 Å². The van der Waals surface area contributed by atoms with Crippen LogP contribution >= 0.6 is 0 Å². The zero-order valence-corrected chi connectivity index (χ0v) is 10.7. The second-order valence-corrected chi connectivity index (χ2v) is 5.12. The Morgan fingerprint density at radius 3 is 2.00 bits per heavy atom. The van der Waals surface area contributed by atoms with Crippen LogP contribution in [0.5, 0.6) is 0 Å². The van der Waals surface area contributed by atoms with E-state index < -0.39 is 11.2 Å². The second-order valence-electron chi connectivity index (χ2n) is 5.12. The molecule has 0 fully saturated rings. The average molecular weight is 223 g/mol. The number of benzene rings is 1. The highest BCUT2D eigenvalue weighted by Gasteiger charge is 2.23. The molecule has 0 bridgehead atoms. The van der Waals surface area contributed by atoms with Crippen LogP contribution in [0.3, 0.4) is 0 Å². The van der Waals surface area contributed by atoms with Crippen LogP contribution in [0.2, 0.25) is 0 Å². The van der Waals surface area contributed by atoms with Crippen molar-refractivity contribution in [3.63, 3.8) is 0 Å². The third-order valence-corrected chi connectivity index (χ3v) is 2.87. The fraction of sp³-hybridized carbons (Fsp3) is 0.538. The molecule has 0 saturated heterocycles. The first-order chi connectivity index (χ1) is 7.16. The van der Waals surface area contributed by atoms with E-state index in [1.807, 2.05) is 26.0 Å². The van der Waals surface area contributed by atoms with E-state index in [2.05, 4.69) is 0 Å². The monoisotopic (exact) mass is 223 g/mol. The van der Waals surface area contributed by atoms with Gasteiger partial charge in [-0.15, -0.1) is 0 Å². The number of anilines is 1. The van der Waals surface area contributed by atoms with Gasteiger partial charge >= 0.3 is 0 Å². The van der Waals surface area contributed by atoms with Crippen molar-refractivity contribution in [1.29, 1.82) is 0 Å². The molecule has 16 heavy (non-hydrogen) atoms. The Morgan fingerprint density at radius 1 is 1.06 bits per heavy atom. The summed E-state index contributed by atoms with van der Waals surface area (Å²) in [5.41, 5.74) is 6.94. The Bertz CT molecular complexity index is 378. The molecule has 1 aromatic rings. The molecule has 0 aliphatic carbocycles. The lowest BCUT2D eigenvalue weighted by Crippen LogP contribution is -2.22. The highest BCUT2D eigenvalue weighted by molar-refractivity contribution is 5.47. The molecule has 0 aromatic heterocycles. The second kappa shape index (κ2) is 4.07. The molecule has 0 radical (unpaired) electrons. The minimum atomic E-state index is -0.895.